The van der Waals surface area contributed by atoms with Crippen LogP contribution >= 0.6 is 11.3 Å². The van der Waals surface area contributed by atoms with Crippen molar-refractivity contribution in [2.45, 2.75) is 45.2 Å². The van der Waals surface area contributed by atoms with Crippen molar-refractivity contribution in [3.63, 3.8) is 0 Å². The van der Waals surface area contributed by atoms with Crippen LogP contribution in [0.1, 0.15) is 47.8 Å². The summed E-state index contributed by atoms with van der Waals surface area (Å²) < 4.78 is 0. The summed E-state index contributed by atoms with van der Waals surface area (Å²) in [6.45, 7) is 3.17. The van der Waals surface area contributed by atoms with Crippen molar-refractivity contribution in [3.8, 4) is 0 Å². The fourth-order valence-corrected chi connectivity index (χ4v) is 3.28. The van der Waals surface area contributed by atoms with Gasteiger partial charge in [0.15, 0.2) is 0 Å². The van der Waals surface area contributed by atoms with Crippen molar-refractivity contribution in [3.05, 3.63) is 21.9 Å². The maximum atomic E-state index is 11.0. The van der Waals surface area contributed by atoms with Gasteiger partial charge >= 0.3 is 0 Å². The lowest BCUT2D eigenvalue weighted by Crippen LogP contribution is -2.36. The van der Waals surface area contributed by atoms with Gasteiger partial charge in [0.05, 0.1) is 5.56 Å². The minimum absolute atomic E-state index is 0.335. The van der Waals surface area contributed by atoms with Crippen LogP contribution in [0.2, 0.25) is 0 Å². The van der Waals surface area contributed by atoms with E-state index in [0.717, 1.165) is 12.5 Å². The third-order valence-electron chi connectivity index (χ3n) is 3.59. The van der Waals surface area contributed by atoms with E-state index in [1.54, 1.807) is 11.3 Å². The first-order valence-corrected chi connectivity index (χ1v) is 7.15. The number of hydrogen-bond donors (Lipinski definition) is 2. The Balaban J connectivity index is 1.86. The molecule has 17 heavy (non-hydrogen) atoms. The molecule has 0 bridgehead atoms. The van der Waals surface area contributed by atoms with Crippen molar-refractivity contribution in [2.24, 2.45) is 11.7 Å². The molecule has 3 N–H and O–H groups in total. The Hall–Kier alpha value is -0.870. The number of rotatable bonds is 4. The van der Waals surface area contributed by atoms with Gasteiger partial charge in [-0.05, 0) is 24.8 Å². The molecule has 2 unspecified atom stereocenters. The first-order valence-electron chi connectivity index (χ1n) is 6.27. The number of amides is 1. The summed E-state index contributed by atoms with van der Waals surface area (Å²) >= 11 is 1.60. The number of thiophene rings is 1. The molecule has 1 amide bonds. The molecule has 1 aromatic rings. The molecule has 3 nitrogen and oxygen atoms in total. The van der Waals surface area contributed by atoms with Crippen LogP contribution in [-0.4, -0.2) is 11.9 Å². The van der Waals surface area contributed by atoms with Crippen LogP contribution in [-0.2, 0) is 6.54 Å². The molecule has 2 rings (SSSR count). The zero-order chi connectivity index (χ0) is 12.3. The minimum Gasteiger partial charge on any atom is -0.366 e. The Bertz CT molecular complexity index is 389. The highest BCUT2D eigenvalue weighted by Crippen LogP contribution is 2.24. The van der Waals surface area contributed by atoms with E-state index in [-0.39, 0.29) is 5.91 Å². The topological polar surface area (TPSA) is 55.1 Å². The summed E-state index contributed by atoms with van der Waals surface area (Å²) in [5.74, 6) is 0.429. The number of primary amides is 1. The molecule has 1 saturated carbocycles. The van der Waals surface area contributed by atoms with Crippen LogP contribution < -0.4 is 11.1 Å². The highest BCUT2D eigenvalue weighted by molar-refractivity contribution is 7.10. The van der Waals surface area contributed by atoms with Crippen LogP contribution in [0.25, 0.3) is 0 Å². The summed E-state index contributed by atoms with van der Waals surface area (Å²) in [5, 5.41) is 5.44. The molecule has 0 spiro atoms. The van der Waals surface area contributed by atoms with Crippen LogP contribution in [0, 0.1) is 5.92 Å². The fourth-order valence-electron chi connectivity index (χ4n) is 2.45. The number of carbonyl (C=O) groups excluding carboxylic acids is 1. The lowest BCUT2D eigenvalue weighted by atomic mass is 9.86. The summed E-state index contributed by atoms with van der Waals surface area (Å²) in [7, 11) is 0. The zero-order valence-corrected chi connectivity index (χ0v) is 11.1. The standard InChI is InChI=1S/C13H20N2OS/c1-9-4-2-3-5-12(9)15-7-11-6-10(8-17-11)13(14)16/h6,8-9,12,15H,2-5,7H2,1H3,(H2,14,16). The van der Waals surface area contributed by atoms with E-state index in [4.69, 9.17) is 5.73 Å². The molecular weight excluding hydrogens is 232 g/mol. The molecule has 2 atom stereocenters. The van der Waals surface area contributed by atoms with E-state index in [9.17, 15) is 4.79 Å². The highest BCUT2D eigenvalue weighted by Gasteiger charge is 2.20. The van der Waals surface area contributed by atoms with Gasteiger partial charge in [-0.2, -0.15) is 0 Å². The van der Waals surface area contributed by atoms with Gasteiger partial charge in [-0.1, -0.05) is 19.8 Å². The Labute approximate surface area is 106 Å². The monoisotopic (exact) mass is 252 g/mol. The van der Waals surface area contributed by atoms with Gasteiger partial charge < -0.3 is 11.1 Å². The lowest BCUT2D eigenvalue weighted by Gasteiger charge is -2.29. The van der Waals surface area contributed by atoms with Gasteiger partial charge in [-0.15, -0.1) is 11.3 Å². The van der Waals surface area contributed by atoms with E-state index in [1.165, 1.54) is 30.6 Å². The van der Waals surface area contributed by atoms with Crippen LogP contribution in [0.4, 0.5) is 0 Å². The van der Waals surface area contributed by atoms with Gasteiger partial charge in [0.2, 0.25) is 5.91 Å². The predicted octanol–water partition coefficient (Wildman–Crippen LogP) is 2.52. The summed E-state index contributed by atoms with van der Waals surface area (Å²) in [4.78, 5) is 12.2. The molecule has 1 heterocycles. The normalized spacial score (nSPS) is 24.8. The number of hydrogen-bond acceptors (Lipinski definition) is 3. The lowest BCUT2D eigenvalue weighted by molar-refractivity contribution is 0.100. The van der Waals surface area contributed by atoms with Gasteiger partial charge in [-0.25, -0.2) is 0 Å². The van der Waals surface area contributed by atoms with Crippen molar-refractivity contribution in [2.75, 3.05) is 0 Å². The SMILES string of the molecule is CC1CCCCC1NCc1cc(C(N)=O)cs1. The number of carbonyl (C=O) groups is 1. The van der Waals surface area contributed by atoms with Crippen LogP contribution in [0.3, 0.4) is 0 Å². The Morgan fingerprint density at radius 1 is 1.53 bits per heavy atom. The molecule has 1 aliphatic carbocycles. The molecule has 4 heteroatoms. The smallest absolute Gasteiger partial charge is 0.249 e. The Kier molecular flexibility index (Phi) is 4.18. The molecule has 0 radical (unpaired) electrons. The van der Waals surface area contributed by atoms with Crippen molar-refractivity contribution < 1.29 is 4.79 Å². The zero-order valence-electron chi connectivity index (χ0n) is 10.2. The molecule has 1 fully saturated rings. The predicted molar refractivity (Wildman–Crippen MR) is 71.1 cm³/mol. The quantitative estimate of drug-likeness (QED) is 0.865. The first-order chi connectivity index (χ1) is 8.16. The molecule has 1 aromatic heterocycles. The van der Waals surface area contributed by atoms with Gasteiger partial charge in [0.1, 0.15) is 0 Å². The number of nitrogens with one attached hydrogen (secondary N) is 1. The van der Waals surface area contributed by atoms with Crippen molar-refractivity contribution >= 4 is 17.2 Å². The molecular formula is C13H20N2OS. The summed E-state index contributed by atoms with van der Waals surface area (Å²) in [6.07, 6.45) is 5.30. The molecule has 0 aromatic carbocycles. The number of nitrogens with two attached hydrogens (primary N) is 1. The van der Waals surface area contributed by atoms with E-state index >= 15 is 0 Å². The van der Waals surface area contributed by atoms with Crippen LogP contribution in [0.15, 0.2) is 11.4 Å². The molecule has 1 aliphatic rings. The molecule has 0 aliphatic heterocycles. The summed E-state index contributed by atoms with van der Waals surface area (Å²) in [6, 6.07) is 2.52. The second-order valence-corrected chi connectivity index (χ2v) is 5.91. The third kappa shape index (κ3) is 3.30. The van der Waals surface area contributed by atoms with Crippen LogP contribution in [0.5, 0.6) is 0 Å². The van der Waals surface area contributed by atoms with E-state index < -0.39 is 0 Å². The van der Waals surface area contributed by atoms with E-state index in [2.05, 4.69) is 12.2 Å². The minimum atomic E-state index is -0.335. The molecule has 0 saturated heterocycles. The highest BCUT2D eigenvalue weighted by atomic mass is 32.1. The second kappa shape index (κ2) is 5.65. The van der Waals surface area contributed by atoms with E-state index in [1.807, 2.05) is 11.4 Å². The molecule has 94 valence electrons. The summed E-state index contributed by atoms with van der Waals surface area (Å²) in [5.41, 5.74) is 5.86. The first kappa shape index (κ1) is 12.6. The average molecular weight is 252 g/mol. The largest absolute Gasteiger partial charge is 0.366 e. The fraction of sp³-hybridized carbons (Fsp3) is 0.615. The van der Waals surface area contributed by atoms with Gasteiger partial charge in [0, 0.05) is 22.8 Å². The Morgan fingerprint density at radius 2 is 2.29 bits per heavy atom. The Morgan fingerprint density at radius 3 is 2.94 bits per heavy atom. The third-order valence-corrected chi connectivity index (χ3v) is 4.52. The van der Waals surface area contributed by atoms with Gasteiger partial charge in [0.25, 0.3) is 0 Å². The van der Waals surface area contributed by atoms with Crippen molar-refractivity contribution in [1.82, 2.24) is 5.32 Å². The van der Waals surface area contributed by atoms with Crippen molar-refractivity contribution in [1.29, 1.82) is 0 Å². The van der Waals surface area contributed by atoms with E-state index in [0.29, 0.717) is 11.6 Å². The maximum absolute atomic E-state index is 11.0. The van der Waals surface area contributed by atoms with Gasteiger partial charge in [-0.3, -0.25) is 4.79 Å². The average Bonchev–Trinajstić information content (AvgIpc) is 2.77. The second-order valence-electron chi connectivity index (χ2n) is 4.92. The maximum Gasteiger partial charge on any atom is 0.249 e.